The van der Waals surface area contributed by atoms with Crippen LogP contribution in [0.15, 0.2) is 54.6 Å². The van der Waals surface area contributed by atoms with Gasteiger partial charge in [0.25, 0.3) is 0 Å². The maximum Gasteiger partial charge on any atom is 0.222 e. The monoisotopic (exact) mass is 409 g/mol. The first-order valence-corrected chi connectivity index (χ1v) is 12.0. The van der Waals surface area contributed by atoms with Gasteiger partial charge in [-0.3, -0.25) is 4.79 Å². The van der Waals surface area contributed by atoms with Gasteiger partial charge in [0.15, 0.2) is 9.84 Å². The Morgan fingerprint density at radius 1 is 1.00 bits per heavy atom. The summed E-state index contributed by atoms with van der Waals surface area (Å²) in [4.78, 5) is 14.4. The molecule has 4 rings (SSSR count). The van der Waals surface area contributed by atoms with E-state index in [1.54, 1.807) is 4.90 Å². The Bertz CT molecular complexity index is 1110. The highest BCUT2D eigenvalue weighted by Crippen LogP contribution is 2.30. The van der Waals surface area contributed by atoms with Crippen molar-refractivity contribution in [1.29, 1.82) is 0 Å². The molecule has 0 unspecified atom stereocenters. The summed E-state index contributed by atoms with van der Waals surface area (Å²) in [6.45, 7) is 4.50. The topological polar surface area (TPSA) is 54.5 Å². The van der Waals surface area contributed by atoms with Crippen molar-refractivity contribution in [2.45, 2.75) is 31.9 Å². The summed E-state index contributed by atoms with van der Waals surface area (Å²) >= 11 is 0. The Balaban J connectivity index is 1.48. The molecule has 0 radical (unpaired) electrons. The van der Waals surface area contributed by atoms with Crippen LogP contribution in [0.4, 0.5) is 0 Å². The predicted octanol–water partition coefficient (Wildman–Crippen LogP) is 4.21. The average molecular weight is 410 g/mol. The molecular weight excluding hydrogens is 382 g/mol. The summed E-state index contributed by atoms with van der Waals surface area (Å²) in [7, 11) is -3.11. The van der Waals surface area contributed by atoms with E-state index >= 15 is 0 Å². The van der Waals surface area contributed by atoms with E-state index in [4.69, 9.17) is 0 Å². The normalized spacial score (nSPS) is 15.2. The molecule has 3 aromatic rings. The SMILES string of the molecule is CC(C)CS(=O)(=O)C1CN(C(=O)CCc2c3ccccc3cc3ccccc23)C1. The maximum absolute atomic E-state index is 12.7. The molecule has 1 aliphatic heterocycles. The summed E-state index contributed by atoms with van der Waals surface area (Å²) in [6.07, 6.45) is 1.05. The van der Waals surface area contributed by atoms with Gasteiger partial charge < -0.3 is 4.90 Å². The largest absolute Gasteiger partial charge is 0.340 e. The van der Waals surface area contributed by atoms with E-state index in [0.29, 0.717) is 25.9 Å². The fraction of sp³-hybridized carbons (Fsp3) is 0.375. The van der Waals surface area contributed by atoms with Gasteiger partial charge in [0.2, 0.25) is 5.91 Å². The van der Waals surface area contributed by atoms with Crippen molar-refractivity contribution in [1.82, 2.24) is 4.90 Å². The van der Waals surface area contributed by atoms with Gasteiger partial charge in [-0.1, -0.05) is 62.4 Å². The molecule has 0 aliphatic carbocycles. The molecule has 3 aromatic carbocycles. The van der Waals surface area contributed by atoms with Gasteiger partial charge in [0, 0.05) is 19.5 Å². The number of fused-ring (bicyclic) bond motifs is 2. The molecule has 1 aliphatic rings. The lowest BCUT2D eigenvalue weighted by atomic mass is 9.93. The van der Waals surface area contributed by atoms with Crippen molar-refractivity contribution in [3.63, 3.8) is 0 Å². The minimum Gasteiger partial charge on any atom is -0.340 e. The lowest BCUT2D eigenvalue weighted by Crippen LogP contribution is -2.57. The van der Waals surface area contributed by atoms with Crippen LogP contribution < -0.4 is 0 Å². The van der Waals surface area contributed by atoms with Gasteiger partial charge in [-0.15, -0.1) is 0 Å². The molecular formula is C24H27NO3S. The van der Waals surface area contributed by atoms with Crippen LogP contribution in [0.3, 0.4) is 0 Å². The van der Waals surface area contributed by atoms with Crippen LogP contribution in [-0.2, 0) is 21.1 Å². The zero-order valence-electron chi connectivity index (χ0n) is 17.0. The van der Waals surface area contributed by atoms with Crippen molar-refractivity contribution < 1.29 is 13.2 Å². The van der Waals surface area contributed by atoms with Crippen molar-refractivity contribution in [3.05, 3.63) is 60.2 Å². The zero-order chi connectivity index (χ0) is 20.6. The average Bonchev–Trinajstić information content (AvgIpc) is 2.62. The predicted molar refractivity (Wildman–Crippen MR) is 119 cm³/mol. The first kappa shape index (κ1) is 19.9. The highest BCUT2D eigenvalue weighted by molar-refractivity contribution is 7.92. The minimum atomic E-state index is -3.11. The fourth-order valence-electron chi connectivity index (χ4n) is 4.24. The molecule has 1 saturated heterocycles. The molecule has 0 aromatic heterocycles. The Kier molecular flexibility index (Phi) is 5.34. The van der Waals surface area contributed by atoms with Crippen LogP contribution in [-0.4, -0.2) is 43.3 Å². The van der Waals surface area contributed by atoms with Crippen molar-refractivity contribution in [3.8, 4) is 0 Å². The van der Waals surface area contributed by atoms with E-state index in [1.165, 1.54) is 27.1 Å². The van der Waals surface area contributed by atoms with Crippen LogP contribution >= 0.6 is 0 Å². The van der Waals surface area contributed by atoms with Crippen molar-refractivity contribution in [2.75, 3.05) is 18.8 Å². The third kappa shape index (κ3) is 4.01. The molecule has 0 bridgehead atoms. The number of aryl methyl sites for hydroxylation is 1. The molecule has 0 spiro atoms. The Labute approximate surface area is 172 Å². The highest BCUT2D eigenvalue weighted by Gasteiger charge is 2.39. The molecule has 0 atom stereocenters. The number of amides is 1. The summed E-state index contributed by atoms with van der Waals surface area (Å²) in [6, 6.07) is 18.7. The number of likely N-dealkylation sites (tertiary alicyclic amines) is 1. The second-order valence-corrected chi connectivity index (χ2v) is 10.8. The van der Waals surface area contributed by atoms with Gasteiger partial charge in [-0.05, 0) is 45.5 Å². The van der Waals surface area contributed by atoms with Crippen LogP contribution in [0.1, 0.15) is 25.8 Å². The molecule has 1 heterocycles. The van der Waals surface area contributed by atoms with E-state index < -0.39 is 15.1 Å². The van der Waals surface area contributed by atoms with Crippen LogP contribution in [0.25, 0.3) is 21.5 Å². The second kappa shape index (κ2) is 7.79. The van der Waals surface area contributed by atoms with E-state index in [2.05, 4.69) is 30.3 Å². The third-order valence-electron chi connectivity index (χ3n) is 5.75. The number of nitrogens with zero attached hydrogens (tertiary/aromatic N) is 1. The Morgan fingerprint density at radius 3 is 2.10 bits per heavy atom. The molecule has 1 amide bonds. The van der Waals surface area contributed by atoms with Crippen molar-refractivity contribution in [2.24, 2.45) is 5.92 Å². The first-order valence-electron chi connectivity index (χ1n) is 10.2. The summed E-state index contributed by atoms with van der Waals surface area (Å²) in [5.41, 5.74) is 1.19. The quantitative estimate of drug-likeness (QED) is 0.573. The highest BCUT2D eigenvalue weighted by atomic mass is 32.2. The number of hydrogen-bond acceptors (Lipinski definition) is 3. The summed E-state index contributed by atoms with van der Waals surface area (Å²) in [5, 5.41) is 4.32. The van der Waals surface area contributed by atoms with E-state index in [9.17, 15) is 13.2 Å². The van der Waals surface area contributed by atoms with Crippen LogP contribution in [0.5, 0.6) is 0 Å². The van der Waals surface area contributed by atoms with Gasteiger partial charge in [0.1, 0.15) is 0 Å². The molecule has 5 heteroatoms. The number of benzene rings is 3. The lowest BCUT2D eigenvalue weighted by molar-refractivity contribution is -0.134. The summed E-state index contributed by atoms with van der Waals surface area (Å²) in [5.74, 6) is 0.351. The molecule has 152 valence electrons. The first-order chi connectivity index (χ1) is 13.8. The van der Waals surface area contributed by atoms with Crippen molar-refractivity contribution >= 4 is 37.3 Å². The second-order valence-electron chi connectivity index (χ2n) is 8.44. The number of sulfone groups is 1. The van der Waals surface area contributed by atoms with E-state index in [1.807, 2.05) is 38.1 Å². The van der Waals surface area contributed by atoms with Gasteiger partial charge in [0.05, 0.1) is 11.0 Å². The van der Waals surface area contributed by atoms with Crippen LogP contribution in [0.2, 0.25) is 0 Å². The van der Waals surface area contributed by atoms with E-state index in [0.717, 1.165) is 0 Å². The number of carbonyl (C=O) groups excluding carboxylic acids is 1. The third-order valence-corrected chi connectivity index (χ3v) is 8.19. The minimum absolute atomic E-state index is 0.0398. The number of hydrogen-bond donors (Lipinski definition) is 0. The molecule has 29 heavy (non-hydrogen) atoms. The zero-order valence-corrected chi connectivity index (χ0v) is 17.8. The maximum atomic E-state index is 12.7. The Hall–Kier alpha value is -2.40. The smallest absolute Gasteiger partial charge is 0.222 e. The standard InChI is InChI=1S/C24H27NO3S/c1-17(2)16-29(27,28)20-14-25(15-20)24(26)12-11-23-21-9-5-3-7-18(21)13-19-8-4-6-10-22(19)23/h3-10,13,17,20H,11-12,14-16H2,1-2H3. The molecule has 0 N–H and O–H groups in total. The molecule has 1 fully saturated rings. The van der Waals surface area contributed by atoms with E-state index in [-0.39, 0.29) is 17.6 Å². The van der Waals surface area contributed by atoms with Gasteiger partial charge >= 0.3 is 0 Å². The molecule has 0 saturated carbocycles. The Morgan fingerprint density at radius 2 is 1.55 bits per heavy atom. The fourth-order valence-corrected chi connectivity index (χ4v) is 6.25. The van der Waals surface area contributed by atoms with Crippen LogP contribution in [0, 0.1) is 5.92 Å². The number of carbonyl (C=O) groups is 1. The summed E-state index contributed by atoms with van der Waals surface area (Å²) < 4.78 is 24.7. The lowest BCUT2D eigenvalue weighted by Gasteiger charge is -2.39. The number of rotatable bonds is 6. The molecule has 4 nitrogen and oxygen atoms in total. The van der Waals surface area contributed by atoms with Gasteiger partial charge in [-0.2, -0.15) is 0 Å². The van der Waals surface area contributed by atoms with Gasteiger partial charge in [-0.25, -0.2) is 8.42 Å².